The summed E-state index contributed by atoms with van der Waals surface area (Å²) in [5.74, 6) is 2.14. The van der Waals surface area contributed by atoms with Crippen LogP contribution < -0.4 is 19.9 Å². The third kappa shape index (κ3) is 4.54. The number of methoxy groups -OCH3 is 2. The molecule has 0 radical (unpaired) electrons. The molecule has 23 heavy (non-hydrogen) atoms. The third-order valence-corrected chi connectivity index (χ3v) is 3.23. The van der Waals surface area contributed by atoms with E-state index >= 15 is 0 Å². The van der Waals surface area contributed by atoms with Crippen LogP contribution in [-0.2, 0) is 0 Å². The van der Waals surface area contributed by atoms with Crippen LogP contribution >= 0.6 is 0 Å². The van der Waals surface area contributed by atoms with Crippen LogP contribution in [0, 0.1) is 0 Å². The van der Waals surface area contributed by atoms with Crippen LogP contribution in [0.2, 0.25) is 0 Å². The highest BCUT2D eigenvalue weighted by Gasteiger charge is 2.01. The molecule has 0 aliphatic rings. The lowest BCUT2D eigenvalue weighted by Gasteiger charge is -2.08. The molecule has 0 heterocycles. The Morgan fingerprint density at radius 1 is 0.957 bits per heavy atom. The van der Waals surface area contributed by atoms with E-state index < -0.39 is 0 Å². The van der Waals surface area contributed by atoms with Gasteiger partial charge in [0.15, 0.2) is 0 Å². The summed E-state index contributed by atoms with van der Waals surface area (Å²) in [4.78, 5) is 0. The second kappa shape index (κ2) is 7.94. The SMILES string of the molecule is C=CCOc1cc(/C=C\c2ccc(OC)c(N)c2)cc(OC)c1. The highest BCUT2D eigenvalue weighted by atomic mass is 16.5. The van der Waals surface area contributed by atoms with E-state index in [9.17, 15) is 0 Å². The first-order valence-electron chi connectivity index (χ1n) is 7.20. The van der Waals surface area contributed by atoms with Gasteiger partial charge in [-0.3, -0.25) is 0 Å². The maximum Gasteiger partial charge on any atom is 0.141 e. The van der Waals surface area contributed by atoms with Crippen molar-refractivity contribution >= 4 is 17.8 Å². The van der Waals surface area contributed by atoms with Gasteiger partial charge in [0.05, 0.1) is 19.9 Å². The quantitative estimate of drug-likeness (QED) is 0.477. The van der Waals surface area contributed by atoms with Gasteiger partial charge in [-0.2, -0.15) is 0 Å². The second-order valence-corrected chi connectivity index (χ2v) is 4.88. The molecule has 2 aromatic rings. The molecule has 0 aliphatic heterocycles. The van der Waals surface area contributed by atoms with Crippen molar-refractivity contribution in [2.24, 2.45) is 0 Å². The first kappa shape index (κ1) is 16.5. The zero-order valence-electron chi connectivity index (χ0n) is 13.4. The van der Waals surface area contributed by atoms with Gasteiger partial charge in [0.1, 0.15) is 23.9 Å². The fourth-order valence-electron chi connectivity index (χ4n) is 2.10. The van der Waals surface area contributed by atoms with E-state index in [0.29, 0.717) is 18.0 Å². The Bertz CT molecular complexity index is 708. The molecule has 120 valence electrons. The number of nitrogens with two attached hydrogens (primary N) is 1. The zero-order valence-corrected chi connectivity index (χ0v) is 13.4. The monoisotopic (exact) mass is 311 g/mol. The van der Waals surface area contributed by atoms with Crippen molar-refractivity contribution in [1.82, 2.24) is 0 Å². The minimum absolute atomic E-state index is 0.450. The summed E-state index contributed by atoms with van der Waals surface area (Å²) in [7, 11) is 3.23. The molecule has 0 amide bonds. The lowest BCUT2D eigenvalue weighted by Crippen LogP contribution is -1.94. The zero-order chi connectivity index (χ0) is 16.7. The van der Waals surface area contributed by atoms with Crippen molar-refractivity contribution in [1.29, 1.82) is 0 Å². The Morgan fingerprint density at radius 2 is 1.70 bits per heavy atom. The molecular weight excluding hydrogens is 290 g/mol. The summed E-state index contributed by atoms with van der Waals surface area (Å²) in [5, 5.41) is 0. The lowest BCUT2D eigenvalue weighted by atomic mass is 10.1. The normalized spacial score (nSPS) is 10.5. The number of benzene rings is 2. The van der Waals surface area contributed by atoms with Crippen molar-refractivity contribution in [2.45, 2.75) is 0 Å². The molecule has 2 N–H and O–H groups in total. The van der Waals surface area contributed by atoms with Crippen LogP contribution in [0.5, 0.6) is 17.2 Å². The van der Waals surface area contributed by atoms with Crippen molar-refractivity contribution in [3.05, 3.63) is 60.2 Å². The Labute approximate surface area is 136 Å². The first-order valence-corrected chi connectivity index (χ1v) is 7.20. The third-order valence-electron chi connectivity index (χ3n) is 3.23. The molecule has 0 unspecified atom stereocenters. The van der Waals surface area contributed by atoms with E-state index in [0.717, 1.165) is 22.6 Å². The molecule has 0 aromatic heterocycles. The molecule has 2 rings (SSSR count). The largest absolute Gasteiger partial charge is 0.497 e. The van der Waals surface area contributed by atoms with Gasteiger partial charge >= 0.3 is 0 Å². The lowest BCUT2D eigenvalue weighted by molar-refractivity contribution is 0.357. The van der Waals surface area contributed by atoms with Crippen molar-refractivity contribution in [3.8, 4) is 17.2 Å². The Hall–Kier alpha value is -2.88. The van der Waals surface area contributed by atoms with Crippen LogP contribution in [0.1, 0.15) is 11.1 Å². The number of anilines is 1. The molecule has 0 spiro atoms. The fourth-order valence-corrected chi connectivity index (χ4v) is 2.10. The topological polar surface area (TPSA) is 53.7 Å². The van der Waals surface area contributed by atoms with Crippen molar-refractivity contribution in [3.63, 3.8) is 0 Å². The van der Waals surface area contributed by atoms with E-state index in [1.54, 1.807) is 20.3 Å². The molecule has 0 saturated carbocycles. The van der Waals surface area contributed by atoms with Gasteiger partial charge in [0.2, 0.25) is 0 Å². The van der Waals surface area contributed by atoms with Gasteiger partial charge in [0.25, 0.3) is 0 Å². The average Bonchev–Trinajstić information content (AvgIpc) is 2.58. The Kier molecular flexibility index (Phi) is 5.69. The maximum atomic E-state index is 5.92. The van der Waals surface area contributed by atoms with E-state index in [1.165, 1.54) is 0 Å². The summed E-state index contributed by atoms with van der Waals surface area (Å²) < 4.78 is 16.0. The van der Waals surface area contributed by atoms with E-state index in [-0.39, 0.29) is 0 Å². The number of hydrogen-bond donors (Lipinski definition) is 1. The van der Waals surface area contributed by atoms with Gasteiger partial charge in [-0.15, -0.1) is 0 Å². The van der Waals surface area contributed by atoms with Gasteiger partial charge in [-0.05, 0) is 35.4 Å². The minimum Gasteiger partial charge on any atom is -0.497 e. The average molecular weight is 311 g/mol. The summed E-state index contributed by atoms with van der Waals surface area (Å²) in [5.41, 5.74) is 8.48. The maximum absolute atomic E-state index is 5.92. The Balaban J connectivity index is 2.23. The van der Waals surface area contributed by atoms with Gasteiger partial charge in [-0.1, -0.05) is 30.9 Å². The molecule has 0 fully saturated rings. The van der Waals surface area contributed by atoms with Crippen LogP contribution in [0.25, 0.3) is 12.2 Å². The number of hydrogen-bond acceptors (Lipinski definition) is 4. The molecule has 2 aromatic carbocycles. The van der Waals surface area contributed by atoms with Crippen LogP contribution in [0.3, 0.4) is 0 Å². The number of nitrogen functional groups attached to an aromatic ring is 1. The summed E-state index contributed by atoms with van der Waals surface area (Å²) in [6, 6.07) is 11.4. The molecule has 4 heteroatoms. The van der Waals surface area contributed by atoms with E-state index in [1.807, 2.05) is 48.6 Å². The van der Waals surface area contributed by atoms with Gasteiger partial charge < -0.3 is 19.9 Å². The number of rotatable bonds is 7. The van der Waals surface area contributed by atoms with Crippen LogP contribution in [0.4, 0.5) is 5.69 Å². The predicted octanol–water partition coefficient (Wildman–Crippen LogP) is 4.02. The highest BCUT2D eigenvalue weighted by molar-refractivity contribution is 5.73. The van der Waals surface area contributed by atoms with E-state index in [2.05, 4.69) is 6.58 Å². The highest BCUT2D eigenvalue weighted by Crippen LogP contribution is 2.26. The summed E-state index contributed by atoms with van der Waals surface area (Å²) in [6.07, 6.45) is 5.65. The van der Waals surface area contributed by atoms with Crippen LogP contribution in [0.15, 0.2) is 49.1 Å². The standard InChI is InChI=1S/C19H21NO3/c1-4-9-23-17-11-15(10-16(13-17)21-2)6-5-14-7-8-19(22-3)18(20)12-14/h4-8,10-13H,1,9,20H2,2-3H3/b6-5-. The minimum atomic E-state index is 0.450. The molecule has 0 atom stereocenters. The molecule has 0 bridgehead atoms. The molecular formula is C19H21NO3. The summed E-state index contributed by atoms with van der Waals surface area (Å²) in [6.45, 7) is 4.10. The molecule has 4 nitrogen and oxygen atoms in total. The fraction of sp³-hybridized carbons (Fsp3) is 0.158. The predicted molar refractivity (Wildman–Crippen MR) is 95.0 cm³/mol. The first-order chi connectivity index (χ1) is 11.2. The smallest absolute Gasteiger partial charge is 0.141 e. The summed E-state index contributed by atoms with van der Waals surface area (Å²) >= 11 is 0. The van der Waals surface area contributed by atoms with Crippen molar-refractivity contribution < 1.29 is 14.2 Å². The van der Waals surface area contributed by atoms with Gasteiger partial charge in [0, 0.05) is 6.07 Å². The van der Waals surface area contributed by atoms with E-state index in [4.69, 9.17) is 19.9 Å². The Morgan fingerprint density at radius 3 is 2.35 bits per heavy atom. The van der Waals surface area contributed by atoms with Gasteiger partial charge in [-0.25, -0.2) is 0 Å². The van der Waals surface area contributed by atoms with Crippen molar-refractivity contribution in [2.75, 3.05) is 26.6 Å². The molecule has 0 aliphatic carbocycles. The molecule has 0 saturated heterocycles. The second-order valence-electron chi connectivity index (χ2n) is 4.88. The number of ether oxygens (including phenoxy) is 3. The van der Waals surface area contributed by atoms with Crippen LogP contribution in [-0.4, -0.2) is 20.8 Å².